The van der Waals surface area contributed by atoms with Gasteiger partial charge in [-0.25, -0.2) is 14.6 Å². The van der Waals surface area contributed by atoms with Crippen LogP contribution in [0.3, 0.4) is 0 Å². The number of pyridine rings is 1. The first kappa shape index (κ1) is 19.1. The van der Waals surface area contributed by atoms with Crippen LogP contribution in [0.15, 0.2) is 78.9 Å². The van der Waals surface area contributed by atoms with Crippen LogP contribution in [0.1, 0.15) is 16.8 Å². The Morgan fingerprint density at radius 2 is 1.25 bits per heavy atom. The quantitative estimate of drug-likeness (QED) is 0.635. The smallest absolute Gasteiger partial charge is 0.425 e. The van der Waals surface area contributed by atoms with E-state index in [2.05, 4.69) is 4.98 Å². The monoisotopic (exact) mass is 376 g/mol. The second-order valence-electron chi connectivity index (χ2n) is 6.05. The normalized spacial score (nSPS) is 10.2. The van der Waals surface area contributed by atoms with Gasteiger partial charge in [-0.3, -0.25) is 0 Å². The molecule has 0 radical (unpaired) electrons. The summed E-state index contributed by atoms with van der Waals surface area (Å²) in [6.45, 7) is 1.84. The number of imide groups is 1. The highest BCUT2D eigenvalue weighted by molar-refractivity contribution is 6.08. The Bertz CT molecular complexity index is 874. The summed E-state index contributed by atoms with van der Waals surface area (Å²) in [5.74, 6) is 0.149. The molecular formula is C22H20N2O4. The van der Waals surface area contributed by atoms with E-state index in [1.54, 1.807) is 25.1 Å². The van der Waals surface area contributed by atoms with Gasteiger partial charge in [-0.15, -0.1) is 0 Å². The minimum Gasteiger partial charge on any atom is -0.444 e. The average molecular weight is 376 g/mol. The van der Waals surface area contributed by atoms with Gasteiger partial charge in [0.05, 0.1) is 0 Å². The minimum atomic E-state index is -0.847. The molecule has 0 aliphatic rings. The van der Waals surface area contributed by atoms with Crippen LogP contribution in [0.5, 0.6) is 0 Å². The van der Waals surface area contributed by atoms with E-state index in [4.69, 9.17) is 9.47 Å². The molecule has 6 heteroatoms. The molecule has 0 saturated carbocycles. The molecule has 1 heterocycles. The largest absolute Gasteiger partial charge is 0.444 e. The van der Waals surface area contributed by atoms with Gasteiger partial charge in [-0.1, -0.05) is 66.7 Å². The number of carbonyl (C=O) groups excluding carboxylic acids is 2. The SMILES string of the molecule is Cc1cccc(N(C(=O)OCc2ccccc2)C(=O)OCc2ccccc2)n1. The van der Waals surface area contributed by atoms with Gasteiger partial charge in [0.15, 0.2) is 0 Å². The highest BCUT2D eigenvalue weighted by Crippen LogP contribution is 2.16. The van der Waals surface area contributed by atoms with Gasteiger partial charge in [0, 0.05) is 5.69 Å². The lowest BCUT2D eigenvalue weighted by atomic mass is 10.2. The first-order valence-corrected chi connectivity index (χ1v) is 8.78. The van der Waals surface area contributed by atoms with Crippen LogP contribution >= 0.6 is 0 Å². The number of amides is 2. The lowest BCUT2D eigenvalue weighted by Crippen LogP contribution is -2.38. The zero-order valence-corrected chi connectivity index (χ0v) is 15.4. The van der Waals surface area contributed by atoms with Crippen molar-refractivity contribution in [2.75, 3.05) is 4.90 Å². The van der Waals surface area contributed by atoms with Crippen molar-refractivity contribution in [3.8, 4) is 0 Å². The summed E-state index contributed by atoms with van der Waals surface area (Å²) in [6, 6.07) is 23.5. The molecule has 2 amide bonds. The fraction of sp³-hybridized carbons (Fsp3) is 0.136. The molecule has 0 atom stereocenters. The fourth-order valence-electron chi connectivity index (χ4n) is 2.48. The van der Waals surface area contributed by atoms with Gasteiger partial charge < -0.3 is 9.47 Å². The molecule has 2 aromatic carbocycles. The van der Waals surface area contributed by atoms with Crippen LogP contribution in [0.25, 0.3) is 0 Å². The van der Waals surface area contributed by atoms with E-state index < -0.39 is 12.2 Å². The van der Waals surface area contributed by atoms with Crippen LogP contribution in [0, 0.1) is 6.92 Å². The molecule has 3 rings (SSSR count). The predicted octanol–water partition coefficient (Wildman–Crippen LogP) is 4.87. The molecule has 0 saturated heterocycles. The van der Waals surface area contributed by atoms with Crippen LogP contribution in [-0.2, 0) is 22.7 Å². The molecule has 0 unspecified atom stereocenters. The Morgan fingerprint density at radius 1 is 0.750 bits per heavy atom. The lowest BCUT2D eigenvalue weighted by Gasteiger charge is -2.19. The Hall–Kier alpha value is -3.67. The molecule has 3 aromatic rings. The van der Waals surface area contributed by atoms with E-state index in [0.29, 0.717) is 5.69 Å². The summed E-state index contributed by atoms with van der Waals surface area (Å²) >= 11 is 0. The number of rotatable bonds is 5. The minimum absolute atomic E-state index is 0.0357. The zero-order chi connectivity index (χ0) is 19.8. The number of anilines is 1. The van der Waals surface area contributed by atoms with Gasteiger partial charge in [0.1, 0.15) is 19.0 Å². The van der Waals surface area contributed by atoms with Gasteiger partial charge in [0.25, 0.3) is 0 Å². The number of hydrogen-bond acceptors (Lipinski definition) is 5. The van der Waals surface area contributed by atoms with E-state index in [-0.39, 0.29) is 19.0 Å². The molecule has 0 aliphatic carbocycles. The molecule has 0 aliphatic heterocycles. The molecule has 142 valence electrons. The maximum Gasteiger partial charge on any atom is 0.425 e. The number of ether oxygens (including phenoxy) is 2. The summed E-state index contributed by atoms with van der Waals surface area (Å²) in [5.41, 5.74) is 2.28. The number of nitrogens with zero attached hydrogens (tertiary/aromatic N) is 2. The second-order valence-corrected chi connectivity index (χ2v) is 6.05. The average Bonchev–Trinajstić information content (AvgIpc) is 2.72. The van der Waals surface area contributed by atoms with E-state index in [1.165, 1.54) is 0 Å². The molecular weight excluding hydrogens is 356 g/mol. The fourth-order valence-corrected chi connectivity index (χ4v) is 2.48. The van der Waals surface area contributed by atoms with Crippen LogP contribution in [0.4, 0.5) is 15.4 Å². The van der Waals surface area contributed by atoms with Crippen molar-refractivity contribution >= 4 is 18.0 Å². The Labute approximate surface area is 163 Å². The van der Waals surface area contributed by atoms with E-state index >= 15 is 0 Å². The van der Waals surface area contributed by atoms with Crippen LogP contribution in [0.2, 0.25) is 0 Å². The maximum atomic E-state index is 12.6. The zero-order valence-electron chi connectivity index (χ0n) is 15.4. The summed E-state index contributed by atoms with van der Waals surface area (Å²) in [4.78, 5) is 30.3. The van der Waals surface area contributed by atoms with Crippen molar-refractivity contribution < 1.29 is 19.1 Å². The molecule has 28 heavy (non-hydrogen) atoms. The molecule has 6 nitrogen and oxygen atoms in total. The number of aryl methyl sites for hydroxylation is 1. The van der Waals surface area contributed by atoms with E-state index in [0.717, 1.165) is 16.0 Å². The van der Waals surface area contributed by atoms with E-state index in [1.807, 2.05) is 60.7 Å². The molecule has 1 aromatic heterocycles. The highest BCUT2D eigenvalue weighted by atomic mass is 16.6. The summed E-state index contributed by atoms with van der Waals surface area (Å²) in [7, 11) is 0. The number of benzene rings is 2. The maximum absolute atomic E-state index is 12.6. The summed E-state index contributed by atoms with van der Waals surface area (Å²) in [6.07, 6.45) is -1.69. The van der Waals surface area contributed by atoms with Crippen molar-refractivity contribution in [2.45, 2.75) is 20.1 Å². The second kappa shape index (κ2) is 9.32. The lowest BCUT2D eigenvalue weighted by molar-refractivity contribution is 0.127. The third-order valence-corrected chi connectivity index (χ3v) is 3.88. The van der Waals surface area contributed by atoms with Crippen molar-refractivity contribution in [1.82, 2.24) is 4.98 Å². The first-order valence-electron chi connectivity index (χ1n) is 8.78. The van der Waals surface area contributed by atoms with Crippen molar-refractivity contribution in [2.24, 2.45) is 0 Å². The van der Waals surface area contributed by atoms with E-state index in [9.17, 15) is 9.59 Å². The van der Waals surface area contributed by atoms with Gasteiger partial charge >= 0.3 is 12.2 Å². The topological polar surface area (TPSA) is 68.7 Å². The summed E-state index contributed by atoms with van der Waals surface area (Å²) in [5, 5.41) is 0. The van der Waals surface area contributed by atoms with Gasteiger partial charge in [0.2, 0.25) is 0 Å². The highest BCUT2D eigenvalue weighted by Gasteiger charge is 2.28. The standard InChI is InChI=1S/C22H20N2O4/c1-17-9-8-14-20(23-17)24(21(25)27-15-18-10-4-2-5-11-18)22(26)28-16-19-12-6-3-7-13-19/h2-14H,15-16H2,1H3. The molecule has 0 fully saturated rings. The molecule has 0 N–H and O–H groups in total. The van der Waals surface area contributed by atoms with Crippen molar-refractivity contribution in [3.05, 3.63) is 95.7 Å². The van der Waals surface area contributed by atoms with Gasteiger partial charge in [-0.2, -0.15) is 4.90 Å². The Balaban J connectivity index is 1.74. The Morgan fingerprint density at radius 3 is 1.71 bits per heavy atom. The van der Waals surface area contributed by atoms with Crippen molar-refractivity contribution in [1.29, 1.82) is 0 Å². The number of aromatic nitrogens is 1. The molecule has 0 bridgehead atoms. The van der Waals surface area contributed by atoms with Crippen LogP contribution in [-0.4, -0.2) is 17.2 Å². The first-order chi connectivity index (χ1) is 13.6. The van der Waals surface area contributed by atoms with Crippen LogP contribution < -0.4 is 4.90 Å². The third kappa shape index (κ3) is 5.17. The predicted molar refractivity (Wildman–Crippen MR) is 105 cm³/mol. The van der Waals surface area contributed by atoms with Crippen molar-refractivity contribution in [3.63, 3.8) is 0 Å². The summed E-state index contributed by atoms with van der Waals surface area (Å²) < 4.78 is 10.6. The third-order valence-electron chi connectivity index (χ3n) is 3.88. The number of hydrogen-bond donors (Lipinski definition) is 0. The van der Waals surface area contributed by atoms with Gasteiger partial charge in [-0.05, 0) is 30.2 Å². The number of carbonyl (C=O) groups is 2. The Kier molecular flexibility index (Phi) is 6.36. The molecule has 0 spiro atoms.